The topological polar surface area (TPSA) is 45.9 Å². The zero-order valence-electron chi connectivity index (χ0n) is 9.45. The van der Waals surface area contributed by atoms with Crippen LogP contribution in [0.4, 0.5) is 8.78 Å². The maximum atomic E-state index is 13.6. The van der Waals surface area contributed by atoms with E-state index in [1.165, 1.54) is 13.0 Å². The number of nitrogens with zero attached hydrogens (tertiary/aromatic N) is 2. The van der Waals surface area contributed by atoms with Gasteiger partial charge >= 0.3 is 0 Å². The van der Waals surface area contributed by atoms with E-state index < -0.39 is 11.6 Å². The standard InChI is InChI=1S/C13H8F2N2O/c1-8-11(14)7-17-13(12(8)15)18-10-4-2-3-9(5-10)6-16/h2-5,7H,1H3. The van der Waals surface area contributed by atoms with Gasteiger partial charge < -0.3 is 4.74 Å². The first-order valence-electron chi connectivity index (χ1n) is 5.10. The molecule has 1 aromatic carbocycles. The first-order valence-corrected chi connectivity index (χ1v) is 5.10. The third-order valence-corrected chi connectivity index (χ3v) is 2.35. The van der Waals surface area contributed by atoms with E-state index in [1.807, 2.05) is 6.07 Å². The molecule has 0 atom stereocenters. The van der Waals surface area contributed by atoms with Gasteiger partial charge in [0.15, 0.2) is 5.82 Å². The van der Waals surface area contributed by atoms with Gasteiger partial charge in [0.2, 0.25) is 0 Å². The van der Waals surface area contributed by atoms with Crippen molar-refractivity contribution >= 4 is 0 Å². The summed E-state index contributed by atoms with van der Waals surface area (Å²) in [5.41, 5.74) is 0.225. The Morgan fingerprint density at radius 1 is 1.33 bits per heavy atom. The van der Waals surface area contributed by atoms with Gasteiger partial charge in [0, 0.05) is 5.56 Å². The predicted octanol–water partition coefficient (Wildman–Crippen LogP) is 3.33. The van der Waals surface area contributed by atoms with Crippen LogP contribution in [0, 0.1) is 29.9 Å². The summed E-state index contributed by atoms with van der Waals surface area (Å²) in [7, 11) is 0. The van der Waals surface area contributed by atoms with Crippen molar-refractivity contribution in [2.75, 3.05) is 0 Å². The summed E-state index contributed by atoms with van der Waals surface area (Å²) in [5.74, 6) is -1.63. The zero-order valence-corrected chi connectivity index (χ0v) is 9.45. The Labute approximate surface area is 102 Å². The van der Waals surface area contributed by atoms with Gasteiger partial charge in [0.1, 0.15) is 11.6 Å². The molecule has 1 aromatic heterocycles. The van der Waals surface area contributed by atoms with Crippen LogP contribution in [-0.2, 0) is 0 Å². The van der Waals surface area contributed by atoms with Crippen molar-refractivity contribution in [3.05, 3.63) is 53.2 Å². The lowest BCUT2D eigenvalue weighted by Gasteiger charge is -2.07. The van der Waals surface area contributed by atoms with E-state index in [9.17, 15) is 8.78 Å². The molecule has 0 aliphatic carbocycles. The molecule has 2 aromatic rings. The Hall–Kier alpha value is -2.48. The van der Waals surface area contributed by atoms with Gasteiger partial charge in [0.25, 0.3) is 5.88 Å². The van der Waals surface area contributed by atoms with Crippen LogP contribution in [0.1, 0.15) is 11.1 Å². The summed E-state index contributed by atoms with van der Waals surface area (Å²) in [6.07, 6.45) is 0.891. The minimum atomic E-state index is -0.850. The average Bonchev–Trinajstić information content (AvgIpc) is 2.40. The Balaban J connectivity index is 2.35. The van der Waals surface area contributed by atoms with Gasteiger partial charge in [-0.15, -0.1) is 0 Å². The number of benzene rings is 1. The third-order valence-electron chi connectivity index (χ3n) is 2.35. The first-order chi connectivity index (χ1) is 8.61. The third kappa shape index (κ3) is 2.28. The van der Waals surface area contributed by atoms with Crippen molar-refractivity contribution in [1.82, 2.24) is 4.98 Å². The molecule has 0 N–H and O–H groups in total. The van der Waals surface area contributed by atoms with Crippen LogP contribution in [0.2, 0.25) is 0 Å². The van der Waals surface area contributed by atoms with Gasteiger partial charge in [-0.25, -0.2) is 13.8 Å². The summed E-state index contributed by atoms with van der Waals surface area (Å²) < 4.78 is 31.8. The monoisotopic (exact) mass is 246 g/mol. The Morgan fingerprint density at radius 2 is 2.11 bits per heavy atom. The summed E-state index contributed by atoms with van der Waals surface area (Å²) >= 11 is 0. The van der Waals surface area contributed by atoms with Gasteiger partial charge in [0.05, 0.1) is 17.8 Å². The van der Waals surface area contributed by atoms with E-state index in [4.69, 9.17) is 10.00 Å². The van der Waals surface area contributed by atoms with E-state index in [2.05, 4.69) is 4.98 Å². The predicted molar refractivity (Wildman–Crippen MR) is 60.1 cm³/mol. The maximum Gasteiger partial charge on any atom is 0.256 e. The molecule has 0 saturated carbocycles. The van der Waals surface area contributed by atoms with E-state index in [0.717, 1.165) is 6.20 Å². The van der Waals surface area contributed by atoms with Crippen LogP contribution in [0.3, 0.4) is 0 Å². The largest absolute Gasteiger partial charge is 0.436 e. The van der Waals surface area contributed by atoms with Crippen molar-refractivity contribution in [3.63, 3.8) is 0 Å². The van der Waals surface area contributed by atoms with E-state index in [-0.39, 0.29) is 17.2 Å². The molecule has 0 bridgehead atoms. The van der Waals surface area contributed by atoms with E-state index in [0.29, 0.717) is 5.56 Å². The normalized spacial score (nSPS) is 9.89. The van der Waals surface area contributed by atoms with Crippen LogP contribution < -0.4 is 4.74 Å². The van der Waals surface area contributed by atoms with Gasteiger partial charge in [-0.1, -0.05) is 6.07 Å². The maximum absolute atomic E-state index is 13.6. The number of nitriles is 1. The fraction of sp³-hybridized carbons (Fsp3) is 0.0769. The van der Waals surface area contributed by atoms with Crippen molar-refractivity contribution < 1.29 is 13.5 Å². The molecular formula is C13H8F2N2O. The lowest BCUT2D eigenvalue weighted by Crippen LogP contribution is -1.97. The van der Waals surface area contributed by atoms with Crippen molar-refractivity contribution in [1.29, 1.82) is 5.26 Å². The van der Waals surface area contributed by atoms with Crippen LogP contribution in [0.5, 0.6) is 11.6 Å². The molecule has 0 unspecified atom stereocenters. The molecular weight excluding hydrogens is 238 g/mol. The highest BCUT2D eigenvalue weighted by Gasteiger charge is 2.13. The summed E-state index contributed by atoms with van der Waals surface area (Å²) in [5, 5.41) is 8.72. The number of rotatable bonds is 2. The molecule has 1 heterocycles. The Morgan fingerprint density at radius 3 is 2.83 bits per heavy atom. The molecule has 5 heteroatoms. The fourth-order valence-electron chi connectivity index (χ4n) is 1.35. The van der Waals surface area contributed by atoms with Gasteiger partial charge in [-0.2, -0.15) is 5.26 Å². The number of ether oxygens (including phenoxy) is 1. The molecule has 0 fully saturated rings. The highest BCUT2D eigenvalue weighted by Crippen LogP contribution is 2.25. The second-order valence-corrected chi connectivity index (χ2v) is 3.59. The molecule has 18 heavy (non-hydrogen) atoms. The molecule has 3 nitrogen and oxygen atoms in total. The number of pyridine rings is 1. The van der Waals surface area contributed by atoms with Crippen LogP contribution in [-0.4, -0.2) is 4.98 Å². The second-order valence-electron chi connectivity index (χ2n) is 3.59. The molecule has 2 rings (SSSR count). The highest BCUT2D eigenvalue weighted by molar-refractivity contribution is 5.38. The van der Waals surface area contributed by atoms with Gasteiger partial charge in [-0.05, 0) is 25.1 Å². The quantitative estimate of drug-likeness (QED) is 0.816. The number of hydrogen-bond donors (Lipinski definition) is 0. The molecule has 0 amide bonds. The van der Waals surface area contributed by atoms with Crippen molar-refractivity contribution in [2.24, 2.45) is 0 Å². The lowest BCUT2D eigenvalue weighted by molar-refractivity contribution is 0.413. The van der Waals surface area contributed by atoms with E-state index >= 15 is 0 Å². The van der Waals surface area contributed by atoms with Crippen molar-refractivity contribution in [3.8, 4) is 17.7 Å². The first kappa shape index (κ1) is 12.0. The second kappa shape index (κ2) is 4.80. The minimum Gasteiger partial charge on any atom is -0.436 e. The van der Waals surface area contributed by atoms with Gasteiger partial charge in [-0.3, -0.25) is 0 Å². The Kier molecular flexibility index (Phi) is 3.20. The van der Waals surface area contributed by atoms with Crippen LogP contribution >= 0.6 is 0 Å². The van der Waals surface area contributed by atoms with Crippen LogP contribution in [0.15, 0.2) is 30.5 Å². The molecule has 0 spiro atoms. The summed E-state index contributed by atoms with van der Waals surface area (Å²) in [6, 6.07) is 8.12. The lowest BCUT2D eigenvalue weighted by atomic mass is 10.2. The smallest absolute Gasteiger partial charge is 0.256 e. The number of hydrogen-bond acceptors (Lipinski definition) is 3. The molecule has 0 saturated heterocycles. The Bertz CT molecular complexity index is 635. The van der Waals surface area contributed by atoms with Crippen LogP contribution in [0.25, 0.3) is 0 Å². The average molecular weight is 246 g/mol. The highest BCUT2D eigenvalue weighted by atomic mass is 19.1. The molecule has 90 valence electrons. The summed E-state index contributed by atoms with van der Waals surface area (Å²) in [6.45, 7) is 1.30. The summed E-state index contributed by atoms with van der Waals surface area (Å²) in [4.78, 5) is 3.53. The molecule has 0 aliphatic rings. The molecule has 0 aliphatic heterocycles. The minimum absolute atomic E-state index is 0.156. The SMILES string of the molecule is Cc1c(F)cnc(Oc2cccc(C#N)c2)c1F. The fourth-order valence-corrected chi connectivity index (χ4v) is 1.35. The zero-order chi connectivity index (χ0) is 13.1. The van der Waals surface area contributed by atoms with Crippen molar-refractivity contribution in [2.45, 2.75) is 6.92 Å². The van der Waals surface area contributed by atoms with E-state index in [1.54, 1.807) is 18.2 Å². The molecule has 0 radical (unpaired) electrons. The number of aromatic nitrogens is 1. The number of halogens is 2.